The van der Waals surface area contributed by atoms with E-state index in [0.29, 0.717) is 13.2 Å². The van der Waals surface area contributed by atoms with E-state index >= 15 is 0 Å². The van der Waals surface area contributed by atoms with Crippen LogP contribution < -0.4 is 0 Å². The molecule has 0 spiro atoms. The molecular weight excluding hydrogens is 452 g/mol. The smallest absolute Gasteiger partial charge is 0.366 e. The van der Waals surface area contributed by atoms with Crippen LogP contribution in [0.15, 0.2) is 73.3 Å². The Morgan fingerprint density at radius 1 is 1.00 bits per heavy atom. The van der Waals surface area contributed by atoms with Crippen molar-refractivity contribution in [3.05, 3.63) is 84.4 Å². The number of carbonyl (C=O) groups excluding carboxylic acids is 1. The third-order valence-electron chi connectivity index (χ3n) is 5.98. The van der Waals surface area contributed by atoms with Crippen LogP contribution in [-0.4, -0.2) is 62.8 Å². The van der Waals surface area contributed by atoms with Crippen LogP contribution in [0.4, 0.5) is 0 Å². The Morgan fingerprint density at radius 3 is 2.17 bits per heavy atom. The number of rotatable bonds is 10. The predicted molar refractivity (Wildman–Crippen MR) is 126 cm³/mol. The second-order valence-electron chi connectivity index (χ2n) is 8.52. The molecule has 0 bridgehead atoms. The van der Waals surface area contributed by atoms with Crippen molar-refractivity contribution in [2.24, 2.45) is 0 Å². The molecule has 0 aliphatic carbocycles. The Labute approximate surface area is 205 Å². The van der Waals surface area contributed by atoms with E-state index < -0.39 is 42.5 Å². The van der Waals surface area contributed by atoms with E-state index in [-0.39, 0.29) is 13.2 Å². The topological polar surface area (TPSA) is 81.7 Å². The molecule has 2 aliphatic rings. The minimum absolute atomic E-state index is 0.0980. The zero-order chi connectivity index (χ0) is 24.7. The van der Waals surface area contributed by atoms with E-state index in [4.69, 9.17) is 33.2 Å². The molecule has 0 saturated carbocycles. The predicted octanol–water partition coefficient (Wildman–Crippen LogP) is 3.39. The standard InChI is InChI=1S/C27H32O8/c1-4-15-30-25-24(32-17-20-13-9-6-10-14-20)23(31-16-19-11-7-5-8-12-19)22-21(34-25)18-33-27(2,35-22)26(28)29-3/h4-14,21-25H,1,15-18H2,2-3H3/t21-,22-,23+,24-,25+,27+/m1/s1. The molecule has 2 aliphatic heterocycles. The highest BCUT2D eigenvalue weighted by atomic mass is 16.8. The molecule has 2 saturated heterocycles. The van der Waals surface area contributed by atoms with E-state index in [1.54, 1.807) is 6.08 Å². The number of ether oxygens (including phenoxy) is 7. The summed E-state index contributed by atoms with van der Waals surface area (Å²) < 4.78 is 41.7. The fourth-order valence-corrected chi connectivity index (χ4v) is 4.18. The molecule has 0 unspecified atom stereocenters. The van der Waals surface area contributed by atoms with Gasteiger partial charge >= 0.3 is 5.97 Å². The second-order valence-corrected chi connectivity index (χ2v) is 8.52. The first kappa shape index (κ1) is 25.5. The summed E-state index contributed by atoms with van der Waals surface area (Å²) in [5.74, 6) is -2.23. The van der Waals surface area contributed by atoms with Crippen molar-refractivity contribution in [1.82, 2.24) is 0 Å². The lowest BCUT2D eigenvalue weighted by atomic mass is 9.96. The molecule has 0 amide bonds. The lowest BCUT2D eigenvalue weighted by Gasteiger charge is -2.50. The van der Waals surface area contributed by atoms with E-state index in [1.165, 1.54) is 14.0 Å². The van der Waals surface area contributed by atoms with Crippen LogP contribution in [0.2, 0.25) is 0 Å². The average Bonchev–Trinajstić information content (AvgIpc) is 2.90. The molecule has 6 atom stereocenters. The first-order valence-corrected chi connectivity index (χ1v) is 11.6. The Balaban J connectivity index is 1.61. The van der Waals surface area contributed by atoms with Gasteiger partial charge in [0, 0.05) is 6.92 Å². The summed E-state index contributed by atoms with van der Waals surface area (Å²) in [6, 6.07) is 19.6. The van der Waals surface area contributed by atoms with Crippen LogP contribution in [0, 0.1) is 0 Å². The quantitative estimate of drug-likeness (QED) is 0.375. The number of hydrogen-bond donors (Lipinski definition) is 0. The number of benzene rings is 2. The molecule has 2 aromatic rings. The molecule has 2 aromatic carbocycles. The van der Waals surface area contributed by atoms with E-state index in [1.807, 2.05) is 60.7 Å². The Kier molecular flexibility index (Phi) is 8.67. The van der Waals surface area contributed by atoms with Gasteiger partial charge in [-0.1, -0.05) is 66.7 Å². The monoisotopic (exact) mass is 484 g/mol. The normalized spacial score (nSPS) is 30.3. The number of esters is 1. The fourth-order valence-electron chi connectivity index (χ4n) is 4.18. The highest BCUT2D eigenvalue weighted by molar-refractivity contribution is 5.77. The molecule has 8 heteroatoms. The molecule has 4 rings (SSSR count). The van der Waals surface area contributed by atoms with Crippen molar-refractivity contribution in [1.29, 1.82) is 0 Å². The van der Waals surface area contributed by atoms with Gasteiger partial charge in [-0.2, -0.15) is 0 Å². The molecule has 0 aromatic heterocycles. The second kappa shape index (κ2) is 11.9. The lowest BCUT2D eigenvalue weighted by molar-refractivity contribution is -0.387. The van der Waals surface area contributed by atoms with Crippen molar-refractivity contribution in [3.8, 4) is 0 Å². The average molecular weight is 485 g/mol. The van der Waals surface area contributed by atoms with Gasteiger partial charge in [-0.3, -0.25) is 0 Å². The summed E-state index contributed by atoms with van der Waals surface area (Å²) in [6.45, 7) is 6.26. The molecular formula is C27H32O8. The van der Waals surface area contributed by atoms with Crippen LogP contribution in [-0.2, 0) is 51.2 Å². The molecule has 2 fully saturated rings. The number of methoxy groups -OCH3 is 1. The largest absolute Gasteiger partial charge is 0.465 e. The first-order chi connectivity index (χ1) is 17.0. The minimum Gasteiger partial charge on any atom is -0.465 e. The lowest BCUT2D eigenvalue weighted by Crippen LogP contribution is -2.67. The summed E-state index contributed by atoms with van der Waals surface area (Å²) in [4.78, 5) is 12.4. The maximum absolute atomic E-state index is 12.4. The SMILES string of the molecule is C=CCO[C@H]1O[C@@H]2CO[C@](C)(C(=O)OC)O[C@H]2[C@H](OCc2ccccc2)[C@H]1OCc1ccccc1. The molecule has 2 heterocycles. The van der Waals surface area contributed by atoms with Crippen molar-refractivity contribution < 1.29 is 38.0 Å². The third kappa shape index (κ3) is 6.16. The van der Waals surface area contributed by atoms with Crippen molar-refractivity contribution >= 4 is 5.97 Å². The van der Waals surface area contributed by atoms with Gasteiger partial charge in [0.15, 0.2) is 6.29 Å². The Morgan fingerprint density at radius 2 is 1.60 bits per heavy atom. The van der Waals surface area contributed by atoms with Crippen molar-refractivity contribution in [2.45, 2.75) is 56.6 Å². The summed E-state index contributed by atoms with van der Waals surface area (Å²) in [5, 5.41) is 0. The van der Waals surface area contributed by atoms with Gasteiger partial charge in [0.25, 0.3) is 5.79 Å². The van der Waals surface area contributed by atoms with Crippen molar-refractivity contribution in [3.63, 3.8) is 0 Å². The number of hydrogen-bond acceptors (Lipinski definition) is 8. The van der Waals surface area contributed by atoms with Gasteiger partial charge < -0.3 is 33.2 Å². The molecule has 0 N–H and O–H groups in total. The van der Waals surface area contributed by atoms with Crippen molar-refractivity contribution in [2.75, 3.05) is 20.3 Å². The zero-order valence-electron chi connectivity index (χ0n) is 20.0. The minimum atomic E-state index is -1.59. The number of carbonyl (C=O) groups is 1. The van der Waals surface area contributed by atoms with Gasteiger partial charge in [-0.15, -0.1) is 6.58 Å². The molecule has 8 nitrogen and oxygen atoms in total. The van der Waals surface area contributed by atoms with Crippen LogP contribution in [0.1, 0.15) is 18.1 Å². The maximum atomic E-state index is 12.4. The van der Waals surface area contributed by atoms with E-state index in [2.05, 4.69) is 6.58 Å². The van der Waals surface area contributed by atoms with Crippen LogP contribution >= 0.6 is 0 Å². The molecule has 188 valence electrons. The summed E-state index contributed by atoms with van der Waals surface area (Å²) >= 11 is 0. The highest BCUT2D eigenvalue weighted by Crippen LogP contribution is 2.36. The van der Waals surface area contributed by atoms with E-state index in [0.717, 1.165) is 11.1 Å². The van der Waals surface area contributed by atoms with Crippen LogP contribution in [0.3, 0.4) is 0 Å². The van der Waals surface area contributed by atoms with Gasteiger partial charge in [0.2, 0.25) is 0 Å². The summed E-state index contributed by atoms with van der Waals surface area (Å²) in [6.07, 6.45) is -1.60. The van der Waals surface area contributed by atoms with E-state index in [9.17, 15) is 4.79 Å². The molecule has 35 heavy (non-hydrogen) atoms. The number of fused-ring (bicyclic) bond motifs is 1. The van der Waals surface area contributed by atoms with Crippen LogP contribution in [0.25, 0.3) is 0 Å². The Bertz CT molecular complexity index is 952. The highest BCUT2D eigenvalue weighted by Gasteiger charge is 2.56. The van der Waals surface area contributed by atoms with Gasteiger partial charge in [0.1, 0.15) is 24.4 Å². The fraction of sp³-hybridized carbons (Fsp3) is 0.444. The van der Waals surface area contributed by atoms with Gasteiger partial charge in [-0.25, -0.2) is 4.79 Å². The van der Waals surface area contributed by atoms with Gasteiger partial charge in [-0.05, 0) is 11.1 Å². The molecule has 0 radical (unpaired) electrons. The summed E-state index contributed by atoms with van der Waals surface area (Å²) in [5.41, 5.74) is 1.98. The van der Waals surface area contributed by atoms with Crippen LogP contribution in [0.5, 0.6) is 0 Å². The third-order valence-corrected chi connectivity index (χ3v) is 5.98. The Hall–Kier alpha value is -2.59. The summed E-state index contributed by atoms with van der Waals surface area (Å²) in [7, 11) is 1.29. The zero-order valence-corrected chi connectivity index (χ0v) is 20.0. The van der Waals surface area contributed by atoms with Gasteiger partial charge in [0.05, 0.1) is 33.5 Å². The first-order valence-electron chi connectivity index (χ1n) is 11.6. The maximum Gasteiger partial charge on any atom is 0.366 e.